The van der Waals surface area contributed by atoms with Gasteiger partial charge in [0.15, 0.2) is 0 Å². The molecule has 2 atom stereocenters. The Kier molecular flexibility index (Phi) is 6.61. The van der Waals surface area contributed by atoms with E-state index in [0.717, 1.165) is 38.8 Å². The Morgan fingerprint density at radius 1 is 1.39 bits per heavy atom. The van der Waals surface area contributed by atoms with E-state index in [9.17, 15) is 0 Å². The van der Waals surface area contributed by atoms with Crippen LogP contribution in [0.25, 0.3) is 0 Å². The van der Waals surface area contributed by atoms with E-state index in [2.05, 4.69) is 44.8 Å². The fourth-order valence-electron chi connectivity index (χ4n) is 2.73. The van der Waals surface area contributed by atoms with Crippen molar-refractivity contribution < 1.29 is 4.74 Å². The number of piperazine rings is 1. The molecule has 0 aliphatic carbocycles. The van der Waals surface area contributed by atoms with Crippen molar-refractivity contribution in [1.29, 1.82) is 0 Å². The van der Waals surface area contributed by atoms with Crippen LogP contribution in [0.1, 0.15) is 47.5 Å². The highest BCUT2D eigenvalue weighted by Crippen LogP contribution is 2.22. The zero-order valence-corrected chi connectivity index (χ0v) is 13.0. The average Bonchev–Trinajstić information content (AvgIpc) is 2.33. The zero-order valence-electron chi connectivity index (χ0n) is 13.0. The summed E-state index contributed by atoms with van der Waals surface area (Å²) in [5.74, 6) is 0.761. The van der Waals surface area contributed by atoms with Crippen LogP contribution in [0.2, 0.25) is 0 Å². The highest BCUT2D eigenvalue weighted by molar-refractivity contribution is 4.94. The summed E-state index contributed by atoms with van der Waals surface area (Å²) < 4.78 is 5.53. The molecule has 108 valence electrons. The van der Waals surface area contributed by atoms with Gasteiger partial charge in [-0.25, -0.2) is 0 Å². The van der Waals surface area contributed by atoms with Gasteiger partial charge in [-0.15, -0.1) is 0 Å². The molecule has 1 N–H and O–H groups in total. The van der Waals surface area contributed by atoms with Crippen molar-refractivity contribution in [2.24, 2.45) is 5.92 Å². The molecule has 2 unspecified atom stereocenters. The summed E-state index contributed by atoms with van der Waals surface area (Å²) in [5, 5.41) is 3.74. The summed E-state index contributed by atoms with van der Waals surface area (Å²) >= 11 is 0. The Labute approximate surface area is 113 Å². The molecule has 0 aromatic rings. The van der Waals surface area contributed by atoms with Crippen LogP contribution in [-0.2, 0) is 4.74 Å². The summed E-state index contributed by atoms with van der Waals surface area (Å²) in [7, 11) is 0. The summed E-state index contributed by atoms with van der Waals surface area (Å²) in [4.78, 5) is 2.63. The molecular formula is C15H32N2O. The van der Waals surface area contributed by atoms with Gasteiger partial charge in [-0.1, -0.05) is 20.8 Å². The van der Waals surface area contributed by atoms with E-state index < -0.39 is 0 Å². The Morgan fingerprint density at radius 2 is 2.11 bits per heavy atom. The first-order valence-electron chi connectivity index (χ1n) is 7.57. The van der Waals surface area contributed by atoms with Gasteiger partial charge >= 0.3 is 0 Å². The Bertz CT molecular complexity index is 233. The minimum absolute atomic E-state index is 0.277. The highest BCUT2D eigenvalue weighted by atomic mass is 16.5. The van der Waals surface area contributed by atoms with E-state index in [-0.39, 0.29) is 5.54 Å². The van der Waals surface area contributed by atoms with Crippen molar-refractivity contribution in [2.75, 3.05) is 32.8 Å². The molecule has 0 saturated carbocycles. The van der Waals surface area contributed by atoms with Crippen molar-refractivity contribution >= 4 is 0 Å². The van der Waals surface area contributed by atoms with Crippen molar-refractivity contribution in [3.63, 3.8) is 0 Å². The van der Waals surface area contributed by atoms with E-state index in [0.29, 0.717) is 6.04 Å². The van der Waals surface area contributed by atoms with E-state index in [4.69, 9.17) is 4.74 Å². The number of nitrogens with one attached hydrogen (secondary N) is 1. The summed E-state index contributed by atoms with van der Waals surface area (Å²) in [5.41, 5.74) is 0.277. The molecule has 0 aromatic heterocycles. The molecule has 1 heterocycles. The lowest BCUT2D eigenvalue weighted by atomic mass is 9.91. The smallest absolute Gasteiger partial charge is 0.0593 e. The number of hydrogen-bond donors (Lipinski definition) is 1. The predicted molar refractivity (Wildman–Crippen MR) is 78.0 cm³/mol. The Hall–Kier alpha value is -0.120. The summed E-state index contributed by atoms with van der Waals surface area (Å²) in [6.07, 6.45) is 2.46. The molecule has 1 aliphatic heterocycles. The monoisotopic (exact) mass is 256 g/mol. The Balaban J connectivity index is 2.55. The molecule has 3 nitrogen and oxygen atoms in total. The molecule has 18 heavy (non-hydrogen) atoms. The molecular weight excluding hydrogens is 224 g/mol. The first kappa shape index (κ1) is 15.9. The third kappa shape index (κ3) is 4.87. The zero-order chi connectivity index (χ0) is 13.6. The van der Waals surface area contributed by atoms with Crippen LogP contribution in [0.15, 0.2) is 0 Å². The molecule has 0 aromatic carbocycles. The first-order valence-corrected chi connectivity index (χ1v) is 7.57. The topological polar surface area (TPSA) is 24.5 Å². The molecule has 1 rings (SSSR count). The Morgan fingerprint density at radius 3 is 2.67 bits per heavy atom. The SMILES string of the molecule is CCOCCN1CC(C)(CC)NCC1CC(C)C. The quantitative estimate of drug-likeness (QED) is 0.708. The largest absolute Gasteiger partial charge is 0.380 e. The van der Waals surface area contributed by atoms with Crippen molar-refractivity contribution in [1.82, 2.24) is 10.2 Å². The maximum Gasteiger partial charge on any atom is 0.0593 e. The third-order valence-electron chi connectivity index (χ3n) is 4.08. The van der Waals surface area contributed by atoms with Crippen LogP contribution in [0.5, 0.6) is 0 Å². The summed E-state index contributed by atoms with van der Waals surface area (Å²) in [6.45, 7) is 16.3. The first-order chi connectivity index (χ1) is 8.50. The number of hydrogen-bond acceptors (Lipinski definition) is 3. The van der Waals surface area contributed by atoms with Crippen LogP contribution in [0.4, 0.5) is 0 Å². The van der Waals surface area contributed by atoms with Crippen molar-refractivity contribution in [3.8, 4) is 0 Å². The van der Waals surface area contributed by atoms with E-state index in [1.165, 1.54) is 12.8 Å². The molecule has 1 fully saturated rings. The second-order valence-electron chi connectivity index (χ2n) is 6.25. The standard InChI is InChI=1S/C15H32N2O/c1-6-15(5)12-17(8-9-18-7-2)14(11-16-15)10-13(3)4/h13-14,16H,6-12H2,1-5H3. The van der Waals surface area contributed by atoms with Gasteiger partial charge in [-0.2, -0.15) is 0 Å². The van der Waals surface area contributed by atoms with Gasteiger partial charge in [0.1, 0.15) is 0 Å². The molecule has 0 spiro atoms. The fourth-order valence-corrected chi connectivity index (χ4v) is 2.73. The van der Waals surface area contributed by atoms with Gasteiger partial charge in [-0.3, -0.25) is 4.90 Å². The second kappa shape index (κ2) is 7.46. The van der Waals surface area contributed by atoms with Crippen LogP contribution in [-0.4, -0.2) is 49.3 Å². The molecule has 3 heteroatoms. The lowest BCUT2D eigenvalue weighted by Crippen LogP contribution is -2.63. The summed E-state index contributed by atoms with van der Waals surface area (Å²) in [6, 6.07) is 0.671. The number of ether oxygens (including phenoxy) is 1. The van der Waals surface area contributed by atoms with Gasteiger partial charge in [0.25, 0.3) is 0 Å². The number of nitrogens with zero attached hydrogens (tertiary/aromatic N) is 1. The molecule has 1 saturated heterocycles. The lowest BCUT2D eigenvalue weighted by Gasteiger charge is -2.46. The van der Waals surface area contributed by atoms with Gasteiger partial charge in [-0.05, 0) is 32.6 Å². The van der Waals surface area contributed by atoms with Gasteiger partial charge in [0.05, 0.1) is 6.61 Å². The second-order valence-corrected chi connectivity index (χ2v) is 6.25. The maximum atomic E-state index is 5.53. The van der Waals surface area contributed by atoms with Gasteiger partial charge in [0.2, 0.25) is 0 Å². The van der Waals surface area contributed by atoms with Crippen LogP contribution < -0.4 is 5.32 Å². The molecule has 0 radical (unpaired) electrons. The minimum Gasteiger partial charge on any atom is -0.380 e. The average molecular weight is 256 g/mol. The molecule has 0 amide bonds. The van der Waals surface area contributed by atoms with Gasteiger partial charge < -0.3 is 10.1 Å². The third-order valence-corrected chi connectivity index (χ3v) is 4.08. The minimum atomic E-state index is 0.277. The van der Waals surface area contributed by atoms with Crippen LogP contribution >= 0.6 is 0 Å². The van der Waals surface area contributed by atoms with Gasteiger partial charge in [0, 0.05) is 37.8 Å². The predicted octanol–water partition coefficient (Wildman–Crippen LogP) is 2.51. The lowest BCUT2D eigenvalue weighted by molar-refractivity contribution is 0.0397. The molecule has 0 bridgehead atoms. The fraction of sp³-hybridized carbons (Fsp3) is 1.00. The van der Waals surface area contributed by atoms with Crippen LogP contribution in [0, 0.1) is 5.92 Å². The van der Waals surface area contributed by atoms with E-state index in [1.54, 1.807) is 0 Å². The normalized spacial score (nSPS) is 30.0. The van der Waals surface area contributed by atoms with E-state index in [1.807, 2.05) is 0 Å². The molecule has 1 aliphatic rings. The number of rotatable bonds is 7. The van der Waals surface area contributed by atoms with Crippen LogP contribution in [0.3, 0.4) is 0 Å². The maximum absolute atomic E-state index is 5.53. The van der Waals surface area contributed by atoms with E-state index >= 15 is 0 Å². The van der Waals surface area contributed by atoms with Crippen molar-refractivity contribution in [3.05, 3.63) is 0 Å². The van der Waals surface area contributed by atoms with Crippen molar-refractivity contribution in [2.45, 2.75) is 59.0 Å². The highest BCUT2D eigenvalue weighted by Gasteiger charge is 2.34.